The Bertz CT molecular complexity index is 435. The zero-order valence-corrected chi connectivity index (χ0v) is 11.6. The van der Waals surface area contributed by atoms with Crippen LogP contribution in [0.4, 0.5) is 0 Å². The van der Waals surface area contributed by atoms with E-state index >= 15 is 0 Å². The average Bonchev–Trinajstić information content (AvgIpc) is 2.36. The number of carboxylic acid groups (broad SMARTS) is 1. The van der Waals surface area contributed by atoms with Crippen LogP contribution in [0, 0.1) is 10.8 Å². The Morgan fingerprint density at radius 2 is 1.89 bits per heavy atom. The van der Waals surface area contributed by atoms with E-state index < -0.39 is 5.97 Å². The number of hydrogen-bond donors (Lipinski definition) is 2. The third-order valence-electron chi connectivity index (χ3n) is 4.63. The molecular formula is C16H23NO2. The molecule has 104 valence electrons. The summed E-state index contributed by atoms with van der Waals surface area (Å²) in [6.07, 6.45) is 4.21. The Hall–Kier alpha value is -1.35. The van der Waals surface area contributed by atoms with Crippen molar-refractivity contribution >= 4 is 5.97 Å². The summed E-state index contributed by atoms with van der Waals surface area (Å²) in [5.74, 6) is -0.727. The minimum atomic E-state index is -0.727. The third-order valence-corrected chi connectivity index (χ3v) is 4.63. The van der Waals surface area contributed by atoms with Gasteiger partial charge in [-0.25, -0.2) is 0 Å². The number of carbonyl (C=O) groups is 1. The summed E-state index contributed by atoms with van der Waals surface area (Å²) < 4.78 is 0. The molecule has 0 amide bonds. The fourth-order valence-corrected chi connectivity index (χ4v) is 3.73. The Labute approximate surface area is 114 Å². The number of rotatable bonds is 6. The van der Waals surface area contributed by atoms with E-state index in [0.717, 1.165) is 25.7 Å². The van der Waals surface area contributed by atoms with Crippen molar-refractivity contribution in [2.24, 2.45) is 16.6 Å². The van der Waals surface area contributed by atoms with Crippen LogP contribution in [0.15, 0.2) is 30.3 Å². The van der Waals surface area contributed by atoms with E-state index in [4.69, 9.17) is 10.8 Å². The van der Waals surface area contributed by atoms with Crippen molar-refractivity contribution in [3.8, 4) is 0 Å². The first kappa shape index (κ1) is 14.1. The van der Waals surface area contributed by atoms with Gasteiger partial charge in [0.15, 0.2) is 0 Å². The minimum absolute atomic E-state index is 0.170. The monoisotopic (exact) mass is 261 g/mol. The molecule has 3 N–H and O–H groups in total. The maximum atomic E-state index is 11.0. The number of aliphatic carboxylic acids is 1. The van der Waals surface area contributed by atoms with Gasteiger partial charge in [-0.05, 0) is 42.2 Å². The SMILES string of the molecule is CCC1(Cc2ccccc2)CC(CN)(CC(=O)O)C1. The van der Waals surface area contributed by atoms with Gasteiger partial charge >= 0.3 is 5.97 Å². The van der Waals surface area contributed by atoms with Gasteiger partial charge in [0.25, 0.3) is 0 Å². The first-order valence-corrected chi connectivity index (χ1v) is 6.99. The lowest BCUT2D eigenvalue weighted by atomic mass is 9.49. The summed E-state index contributed by atoms with van der Waals surface area (Å²) >= 11 is 0. The highest BCUT2D eigenvalue weighted by Crippen LogP contribution is 2.59. The molecule has 0 atom stereocenters. The first-order chi connectivity index (χ1) is 9.03. The van der Waals surface area contributed by atoms with E-state index in [0.29, 0.717) is 6.54 Å². The predicted octanol–water partition coefficient (Wildman–Crippen LogP) is 2.84. The summed E-state index contributed by atoms with van der Waals surface area (Å²) in [7, 11) is 0. The molecule has 0 aromatic heterocycles. The van der Waals surface area contributed by atoms with Crippen LogP contribution in [0.2, 0.25) is 0 Å². The van der Waals surface area contributed by atoms with Gasteiger partial charge in [0, 0.05) is 0 Å². The van der Waals surface area contributed by atoms with Gasteiger partial charge in [0.1, 0.15) is 0 Å². The van der Waals surface area contributed by atoms with E-state index in [-0.39, 0.29) is 17.3 Å². The van der Waals surface area contributed by atoms with Crippen LogP contribution < -0.4 is 5.73 Å². The van der Waals surface area contributed by atoms with Crippen LogP contribution in [0.25, 0.3) is 0 Å². The van der Waals surface area contributed by atoms with Gasteiger partial charge in [-0.2, -0.15) is 0 Å². The van der Waals surface area contributed by atoms with E-state index in [2.05, 4.69) is 31.2 Å². The average molecular weight is 261 g/mol. The normalized spacial score (nSPS) is 29.8. The van der Waals surface area contributed by atoms with E-state index in [1.54, 1.807) is 0 Å². The maximum absolute atomic E-state index is 11.0. The second-order valence-electron chi connectivity index (χ2n) is 6.14. The summed E-state index contributed by atoms with van der Waals surface area (Å²) in [5.41, 5.74) is 7.24. The number of hydrogen-bond acceptors (Lipinski definition) is 2. The highest BCUT2D eigenvalue weighted by atomic mass is 16.4. The Kier molecular flexibility index (Phi) is 3.95. The zero-order valence-electron chi connectivity index (χ0n) is 11.6. The molecule has 0 heterocycles. The molecule has 19 heavy (non-hydrogen) atoms. The number of benzene rings is 1. The first-order valence-electron chi connectivity index (χ1n) is 6.99. The molecule has 1 saturated carbocycles. The molecule has 2 rings (SSSR count). The number of carboxylic acids is 1. The predicted molar refractivity (Wildman–Crippen MR) is 75.8 cm³/mol. The standard InChI is InChI=1S/C16H23NO2/c1-2-15(8-13-6-4-3-5-7-13)10-16(11-15,12-17)9-14(18)19/h3-7H,2,8-12,17H2,1H3,(H,18,19). The van der Waals surface area contributed by atoms with E-state index in [9.17, 15) is 4.79 Å². The van der Waals surface area contributed by atoms with Crippen molar-refractivity contribution in [3.63, 3.8) is 0 Å². The molecule has 0 aliphatic heterocycles. The van der Waals surface area contributed by atoms with E-state index in [1.807, 2.05) is 6.07 Å². The summed E-state index contributed by atoms with van der Waals surface area (Å²) in [4.78, 5) is 11.0. The zero-order chi connectivity index (χ0) is 13.9. The van der Waals surface area contributed by atoms with Gasteiger partial charge in [-0.1, -0.05) is 43.7 Å². The fraction of sp³-hybridized carbons (Fsp3) is 0.562. The van der Waals surface area contributed by atoms with Gasteiger partial charge in [-0.15, -0.1) is 0 Å². The van der Waals surface area contributed by atoms with Crippen LogP contribution in [0.3, 0.4) is 0 Å². The maximum Gasteiger partial charge on any atom is 0.303 e. The molecule has 0 saturated heterocycles. The Balaban J connectivity index is 2.05. The highest BCUT2D eigenvalue weighted by Gasteiger charge is 2.53. The molecule has 0 unspecified atom stereocenters. The number of nitrogens with two attached hydrogens (primary N) is 1. The molecular weight excluding hydrogens is 238 g/mol. The van der Waals surface area contributed by atoms with Crippen molar-refractivity contribution < 1.29 is 9.90 Å². The van der Waals surface area contributed by atoms with Crippen molar-refractivity contribution in [1.82, 2.24) is 0 Å². The van der Waals surface area contributed by atoms with Crippen molar-refractivity contribution in [2.45, 2.75) is 39.0 Å². The minimum Gasteiger partial charge on any atom is -0.481 e. The lowest BCUT2D eigenvalue weighted by Gasteiger charge is -2.56. The van der Waals surface area contributed by atoms with Crippen molar-refractivity contribution in [3.05, 3.63) is 35.9 Å². The third kappa shape index (κ3) is 2.98. The molecule has 0 bridgehead atoms. The lowest BCUT2D eigenvalue weighted by molar-refractivity contribution is -0.145. The molecule has 1 aliphatic carbocycles. The van der Waals surface area contributed by atoms with Crippen LogP contribution in [-0.2, 0) is 11.2 Å². The molecule has 1 aromatic carbocycles. The topological polar surface area (TPSA) is 63.3 Å². The lowest BCUT2D eigenvalue weighted by Crippen LogP contribution is -2.52. The quantitative estimate of drug-likeness (QED) is 0.827. The van der Waals surface area contributed by atoms with Crippen LogP contribution in [0.1, 0.15) is 38.2 Å². The molecule has 1 fully saturated rings. The largest absolute Gasteiger partial charge is 0.481 e. The van der Waals surface area contributed by atoms with Gasteiger partial charge in [0.05, 0.1) is 6.42 Å². The molecule has 3 nitrogen and oxygen atoms in total. The summed E-state index contributed by atoms with van der Waals surface area (Å²) in [6.45, 7) is 2.68. The molecule has 0 spiro atoms. The van der Waals surface area contributed by atoms with Gasteiger partial charge in [-0.3, -0.25) is 4.79 Å². The van der Waals surface area contributed by atoms with Gasteiger partial charge in [0.2, 0.25) is 0 Å². The van der Waals surface area contributed by atoms with Crippen molar-refractivity contribution in [1.29, 1.82) is 0 Å². The smallest absolute Gasteiger partial charge is 0.303 e. The summed E-state index contributed by atoms with van der Waals surface area (Å²) in [6, 6.07) is 10.4. The van der Waals surface area contributed by atoms with E-state index in [1.165, 1.54) is 5.56 Å². The van der Waals surface area contributed by atoms with Crippen LogP contribution in [-0.4, -0.2) is 17.6 Å². The molecule has 3 heteroatoms. The highest BCUT2D eigenvalue weighted by molar-refractivity contribution is 5.68. The molecule has 1 aliphatic rings. The van der Waals surface area contributed by atoms with Crippen LogP contribution in [0.5, 0.6) is 0 Å². The molecule has 0 radical (unpaired) electrons. The molecule has 1 aromatic rings. The summed E-state index contributed by atoms with van der Waals surface area (Å²) in [5, 5.41) is 9.02. The fourth-order valence-electron chi connectivity index (χ4n) is 3.73. The second-order valence-corrected chi connectivity index (χ2v) is 6.14. The second kappa shape index (κ2) is 5.33. The van der Waals surface area contributed by atoms with Gasteiger partial charge < -0.3 is 10.8 Å². The Morgan fingerprint density at radius 3 is 2.37 bits per heavy atom. The Morgan fingerprint density at radius 1 is 1.26 bits per heavy atom. The van der Waals surface area contributed by atoms with Crippen LogP contribution >= 0.6 is 0 Å². The van der Waals surface area contributed by atoms with Crippen molar-refractivity contribution in [2.75, 3.05) is 6.54 Å².